The number of H-pyrrole nitrogens is 1. The van der Waals surface area contributed by atoms with Gasteiger partial charge in [-0.3, -0.25) is 9.59 Å². The van der Waals surface area contributed by atoms with Crippen LogP contribution in [-0.4, -0.2) is 48.0 Å². The first-order valence-corrected chi connectivity index (χ1v) is 7.08. The largest absolute Gasteiger partial charge is 0.483 e. The molecule has 0 aromatic carbocycles. The Kier molecular flexibility index (Phi) is 5.51. The Morgan fingerprint density at radius 3 is 2.67 bits per heavy atom. The zero-order valence-corrected chi connectivity index (χ0v) is 11.8. The number of hydrogen-bond donors (Lipinski definition) is 3. The van der Waals surface area contributed by atoms with Gasteiger partial charge in [0, 0.05) is 19.6 Å². The van der Waals surface area contributed by atoms with Crippen LogP contribution >= 0.6 is 0 Å². The van der Waals surface area contributed by atoms with Crippen molar-refractivity contribution in [2.24, 2.45) is 0 Å². The summed E-state index contributed by atoms with van der Waals surface area (Å²) in [6.07, 6.45) is 7.23. The second kappa shape index (κ2) is 7.58. The molecule has 1 saturated heterocycles. The van der Waals surface area contributed by atoms with E-state index in [4.69, 9.17) is 9.90 Å². The van der Waals surface area contributed by atoms with Crippen molar-refractivity contribution in [2.45, 2.75) is 19.3 Å². The van der Waals surface area contributed by atoms with Crippen LogP contribution in [0, 0.1) is 0 Å². The summed E-state index contributed by atoms with van der Waals surface area (Å²) >= 11 is 0. The first-order chi connectivity index (χ1) is 10.3. The van der Waals surface area contributed by atoms with Crippen molar-refractivity contribution in [1.82, 2.24) is 15.5 Å². The molecule has 1 aromatic heterocycles. The first kappa shape index (κ1) is 15.2. The monoisotopic (exact) mass is 292 g/mol. The van der Waals surface area contributed by atoms with E-state index in [9.17, 15) is 4.79 Å². The minimum absolute atomic E-state index is 0.0625. The Hall–Kier alpha value is -2.15. The van der Waals surface area contributed by atoms with Gasteiger partial charge in [-0.2, -0.15) is 5.10 Å². The molecule has 0 amide bonds. The molecule has 0 spiro atoms. The molecule has 0 aliphatic carbocycles. The second-order valence-electron chi connectivity index (χ2n) is 4.94. The molecule has 0 atom stereocenters. The van der Waals surface area contributed by atoms with Gasteiger partial charge in [-0.15, -0.1) is 0 Å². The smallest absolute Gasteiger partial charge is 0.290 e. The number of carbonyl (C=O) groups is 1. The van der Waals surface area contributed by atoms with E-state index < -0.39 is 0 Å². The zero-order chi connectivity index (χ0) is 15.1. The number of rotatable bonds is 2. The van der Waals surface area contributed by atoms with Crippen molar-refractivity contribution in [3.05, 3.63) is 28.2 Å². The van der Waals surface area contributed by atoms with Crippen molar-refractivity contribution in [1.29, 1.82) is 0 Å². The van der Waals surface area contributed by atoms with E-state index >= 15 is 0 Å². The van der Waals surface area contributed by atoms with E-state index in [0.717, 1.165) is 49.4 Å². The Bertz CT molecular complexity index is 562. The molecule has 1 aromatic rings. The topological polar surface area (TPSA) is 98.3 Å². The highest BCUT2D eigenvalue weighted by atomic mass is 16.3. The molecule has 0 unspecified atom stereocenters. The lowest BCUT2D eigenvalue weighted by atomic mass is 10.0. The Morgan fingerprint density at radius 1 is 1.33 bits per heavy atom. The molecule has 0 radical (unpaired) electrons. The maximum Gasteiger partial charge on any atom is 0.290 e. The third kappa shape index (κ3) is 3.69. The van der Waals surface area contributed by atoms with E-state index in [1.165, 1.54) is 12.8 Å². The van der Waals surface area contributed by atoms with Crippen LogP contribution in [0.1, 0.15) is 24.8 Å². The normalized spacial score (nSPS) is 17.7. The van der Waals surface area contributed by atoms with E-state index in [2.05, 4.69) is 26.5 Å². The maximum absolute atomic E-state index is 12.1. The molecule has 114 valence electrons. The zero-order valence-electron chi connectivity index (χ0n) is 11.8. The number of anilines is 1. The van der Waals surface area contributed by atoms with Crippen LogP contribution in [0.15, 0.2) is 17.1 Å². The van der Waals surface area contributed by atoms with Crippen LogP contribution < -0.4 is 15.8 Å². The van der Waals surface area contributed by atoms with Crippen molar-refractivity contribution in [3.63, 3.8) is 0 Å². The van der Waals surface area contributed by atoms with Crippen LogP contribution in [0.5, 0.6) is 0 Å². The highest BCUT2D eigenvalue weighted by molar-refractivity contribution is 5.76. The first-order valence-electron chi connectivity index (χ1n) is 7.08. The van der Waals surface area contributed by atoms with Crippen LogP contribution in [-0.2, 0) is 4.79 Å². The molecule has 3 N–H and O–H groups in total. The molecule has 3 heterocycles. The number of carboxylic acid groups (broad SMARTS) is 1. The summed E-state index contributed by atoms with van der Waals surface area (Å²) in [5.41, 5.74) is 2.92. The van der Waals surface area contributed by atoms with Crippen molar-refractivity contribution < 1.29 is 9.90 Å². The third-order valence-electron chi connectivity index (χ3n) is 3.67. The fraction of sp³-hybridized carbons (Fsp3) is 0.500. The molecule has 0 bridgehead atoms. The fourth-order valence-electron chi connectivity index (χ4n) is 2.75. The van der Waals surface area contributed by atoms with Gasteiger partial charge in [0.1, 0.15) is 0 Å². The predicted octanol–water partition coefficient (Wildman–Crippen LogP) is 0.448. The lowest BCUT2D eigenvalue weighted by Crippen LogP contribution is -2.27. The molecule has 2 aliphatic rings. The summed E-state index contributed by atoms with van der Waals surface area (Å²) in [5.74, 6) is 0. The van der Waals surface area contributed by atoms with Crippen molar-refractivity contribution in [3.8, 4) is 0 Å². The molecule has 21 heavy (non-hydrogen) atoms. The average Bonchev–Trinajstić information content (AvgIpc) is 3.03. The predicted molar refractivity (Wildman–Crippen MR) is 80.5 cm³/mol. The minimum Gasteiger partial charge on any atom is -0.483 e. The Balaban J connectivity index is 0.000000497. The summed E-state index contributed by atoms with van der Waals surface area (Å²) in [5, 5.41) is 16.7. The van der Waals surface area contributed by atoms with Crippen LogP contribution in [0.25, 0.3) is 5.57 Å². The lowest BCUT2D eigenvalue weighted by Gasteiger charge is -2.22. The summed E-state index contributed by atoms with van der Waals surface area (Å²) in [6.45, 7) is 3.59. The second-order valence-corrected chi connectivity index (χ2v) is 4.94. The average molecular weight is 292 g/mol. The third-order valence-corrected chi connectivity index (χ3v) is 3.67. The molecule has 7 heteroatoms. The van der Waals surface area contributed by atoms with Crippen LogP contribution in [0.2, 0.25) is 0 Å². The molecule has 7 nitrogen and oxygen atoms in total. The molecule has 0 saturated carbocycles. The van der Waals surface area contributed by atoms with Gasteiger partial charge in [-0.1, -0.05) is 6.08 Å². The summed E-state index contributed by atoms with van der Waals surface area (Å²) in [4.78, 5) is 22.7. The van der Waals surface area contributed by atoms with Gasteiger partial charge < -0.3 is 15.3 Å². The van der Waals surface area contributed by atoms with Crippen molar-refractivity contribution >= 4 is 17.7 Å². The summed E-state index contributed by atoms with van der Waals surface area (Å²) in [7, 11) is 0. The molecule has 3 rings (SSSR count). The van der Waals surface area contributed by atoms with Crippen LogP contribution in [0.3, 0.4) is 0 Å². The van der Waals surface area contributed by atoms with Gasteiger partial charge in [-0.05, 0) is 31.4 Å². The van der Waals surface area contributed by atoms with E-state index in [-0.39, 0.29) is 12.0 Å². The van der Waals surface area contributed by atoms with Crippen molar-refractivity contribution in [2.75, 3.05) is 31.1 Å². The number of nitrogens with one attached hydrogen (secondary N) is 2. The number of aromatic nitrogens is 2. The van der Waals surface area contributed by atoms with Gasteiger partial charge in [0.2, 0.25) is 0 Å². The van der Waals surface area contributed by atoms with E-state index in [1.54, 1.807) is 6.20 Å². The summed E-state index contributed by atoms with van der Waals surface area (Å²) in [6, 6.07) is 0. The molecule has 2 aliphatic heterocycles. The number of nitrogens with zero attached hydrogens (tertiary/aromatic N) is 2. The van der Waals surface area contributed by atoms with Gasteiger partial charge >= 0.3 is 0 Å². The standard InChI is InChI=1S/C13H18N4O.CH2O2/c18-13-12(10-3-5-14-6-4-10)11(9-15-16-13)17-7-1-2-8-17;2-1-3/h3,9,14H,1-2,4-8H2,(H,16,18);1H,(H,2,3). The summed E-state index contributed by atoms with van der Waals surface area (Å²) < 4.78 is 0. The SMILES string of the molecule is O=CO.O=c1[nH]ncc(N2CCCC2)c1C1=CCNCC1. The van der Waals surface area contributed by atoms with Gasteiger partial charge in [0.15, 0.2) is 0 Å². The Labute approximate surface area is 122 Å². The van der Waals surface area contributed by atoms with Gasteiger partial charge in [-0.25, -0.2) is 5.10 Å². The molecule has 1 fully saturated rings. The van der Waals surface area contributed by atoms with E-state index in [0.29, 0.717) is 0 Å². The number of aromatic amines is 1. The lowest BCUT2D eigenvalue weighted by molar-refractivity contribution is -0.122. The van der Waals surface area contributed by atoms with E-state index in [1.807, 2.05) is 0 Å². The highest BCUT2D eigenvalue weighted by Crippen LogP contribution is 2.28. The van der Waals surface area contributed by atoms with Crippen LogP contribution in [0.4, 0.5) is 5.69 Å². The fourth-order valence-corrected chi connectivity index (χ4v) is 2.75. The molecular weight excluding hydrogens is 272 g/mol. The highest BCUT2D eigenvalue weighted by Gasteiger charge is 2.21. The Morgan fingerprint density at radius 2 is 2.05 bits per heavy atom. The quantitative estimate of drug-likeness (QED) is 0.685. The maximum atomic E-state index is 12.1. The number of hydrogen-bond acceptors (Lipinski definition) is 5. The minimum atomic E-state index is -0.250. The van der Waals surface area contributed by atoms with Gasteiger partial charge in [0.05, 0.1) is 17.4 Å². The molecular formula is C14H20N4O3. The van der Waals surface area contributed by atoms with Gasteiger partial charge in [0.25, 0.3) is 12.0 Å².